The monoisotopic (exact) mass is 448 g/mol. The van der Waals surface area contributed by atoms with Crippen LogP contribution in [0.2, 0.25) is 0 Å². The Balaban J connectivity index is 1.45. The van der Waals surface area contributed by atoms with E-state index in [0.29, 0.717) is 23.1 Å². The lowest BCUT2D eigenvalue weighted by Crippen LogP contribution is -2.48. The Morgan fingerprint density at radius 2 is 1.82 bits per heavy atom. The Kier molecular flexibility index (Phi) is 6.35. The van der Waals surface area contributed by atoms with Gasteiger partial charge in [0, 0.05) is 34.3 Å². The summed E-state index contributed by atoms with van der Waals surface area (Å²) in [7, 11) is 0. The highest BCUT2D eigenvalue weighted by molar-refractivity contribution is 6.00. The number of aromatic nitrogens is 1. The molecule has 0 saturated carbocycles. The number of hydrogen-bond donors (Lipinski definition) is 2. The molecule has 0 fully saturated rings. The molecule has 8 heteroatoms. The van der Waals surface area contributed by atoms with Gasteiger partial charge in [0.2, 0.25) is 6.79 Å². The third-order valence-electron chi connectivity index (χ3n) is 5.58. The molecule has 0 radical (unpaired) electrons. The van der Waals surface area contributed by atoms with Crippen LogP contribution in [0.4, 0.5) is 0 Å². The number of nitrogens with one attached hydrogen (secondary N) is 2. The maximum absolute atomic E-state index is 12.8. The summed E-state index contributed by atoms with van der Waals surface area (Å²) in [5.41, 5.74) is 4.98. The summed E-state index contributed by atoms with van der Waals surface area (Å²) < 4.78 is 12.8. The zero-order valence-corrected chi connectivity index (χ0v) is 19.2. The minimum atomic E-state index is -0.753. The molecule has 1 aliphatic heterocycles. The molecule has 172 valence electrons. The van der Waals surface area contributed by atoms with Crippen LogP contribution in [0.3, 0.4) is 0 Å². The Morgan fingerprint density at radius 1 is 1.06 bits per heavy atom. The fourth-order valence-electron chi connectivity index (χ4n) is 3.79. The minimum absolute atomic E-state index is 0.130. The normalized spacial score (nSPS) is 13.8. The second-order valence-electron chi connectivity index (χ2n) is 8.60. The summed E-state index contributed by atoms with van der Waals surface area (Å²) in [6, 6.07) is 12.5. The molecule has 0 unspecified atom stereocenters. The highest BCUT2D eigenvalue weighted by Gasteiger charge is 2.25. The van der Waals surface area contributed by atoms with E-state index in [1.807, 2.05) is 38.2 Å². The first-order chi connectivity index (χ1) is 15.8. The van der Waals surface area contributed by atoms with Gasteiger partial charge in [-0.1, -0.05) is 32.0 Å². The zero-order chi connectivity index (χ0) is 23.5. The van der Waals surface area contributed by atoms with Crippen molar-refractivity contribution in [3.05, 3.63) is 59.8 Å². The first-order valence-electron chi connectivity index (χ1n) is 11.0. The second kappa shape index (κ2) is 9.36. The van der Waals surface area contributed by atoms with Crippen LogP contribution >= 0.6 is 0 Å². The number of rotatable bonds is 7. The van der Waals surface area contributed by atoms with E-state index >= 15 is 0 Å². The van der Waals surface area contributed by atoms with Gasteiger partial charge in [0.05, 0.1) is 6.21 Å². The minimum Gasteiger partial charge on any atom is -0.454 e. The quantitative estimate of drug-likeness (QED) is 0.424. The molecule has 1 aromatic heterocycles. The lowest BCUT2D eigenvalue weighted by molar-refractivity contribution is -0.123. The van der Waals surface area contributed by atoms with Crippen molar-refractivity contribution in [3.63, 3.8) is 0 Å². The summed E-state index contributed by atoms with van der Waals surface area (Å²) in [6.07, 6.45) is 3.66. The average Bonchev–Trinajstić information content (AvgIpc) is 3.41. The van der Waals surface area contributed by atoms with Crippen molar-refractivity contribution in [1.29, 1.82) is 0 Å². The topological polar surface area (TPSA) is 93.9 Å². The van der Waals surface area contributed by atoms with Gasteiger partial charge in [-0.05, 0) is 44.0 Å². The standard InChI is InChI=1S/C25H28N4O4/c1-15(2)23(27-24(30)17-9-10-21-22(11-17)33-14-32-21)25(31)28-26-12-18-13-29(16(3)4)20-8-6-5-7-19(18)20/h5-13,15-16,23H,14H2,1-4H3,(H,27,30)(H,28,31)/b26-12-/t23-/m1/s1. The van der Waals surface area contributed by atoms with E-state index in [1.165, 1.54) is 0 Å². The SMILES string of the molecule is CC(C)[C@@H](NC(=O)c1ccc2c(c1)OCO2)C(=O)N/N=C\c1cn(C(C)C)c2ccccc12. The number of fused-ring (bicyclic) bond motifs is 2. The molecule has 1 aliphatic rings. The summed E-state index contributed by atoms with van der Waals surface area (Å²) in [5.74, 6) is 0.214. The van der Waals surface area contributed by atoms with E-state index < -0.39 is 6.04 Å². The maximum atomic E-state index is 12.8. The molecule has 2 aromatic carbocycles. The number of carbonyl (C=O) groups is 2. The number of carbonyl (C=O) groups excluding carboxylic acids is 2. The van der Waals surface area contributed by atoms with Gasteiger partial charge in [-0.15, -0.1) is 0 Å². The van der Waals surface area contributed by atoms with Crippen molar-refractivity contribution in [1.82, 2.24) is 15.3 Å². The first kappa shape index (κ1) is 22.4. The van der Waals surface area contributed by atoms with Crippen LogP contribution < -0.4 is 20.2 Å². The van der Waals surface area contributed by atoms with Gasteiger partial charge < -0.3 is 19.4 Å². The predicted molar refractivity (Wildman–Crippen MR) is 127 cm³/mol. The lowest BCUT2D eigenvalue weighted by atomic mass is 10.0. The van der Waals surface area contributed by atoms with Crippen LogP contribution in [0.25, 0.3) is 10.9 Å². The van der Waals surface area contributed by atoms with E-state index in [2.05, 4.69) is 40.3 Å². The van der Waals surface area contributed by atoms with Crippen molar-refractivity contribution >= 4 is 28.9 Å². The van der Waals surface area contributed by atoms with Crippen LogP contribution in [-0.2, 0) is 4.79 Å². The van der Waals surface area contributed by atoms with Gasteiger partial charge in [0.25, 0.3) is 11.8 Å². The van der Waals surface area contributed by atoms with E-state index in [4.69, 9.17) is 9.47 Å². The first-order valence-corrected chi connectivity index (χ1v) is 11.0. The summed E-state index contributed by atoms with van der Waals surface area (Å²) in [5, 5.41) is 8.02. The number of benzene rings is 2. The van der Waals surface area contributed by atoms with Crippen LogP contribution in [0, 0.1) is 5.92 Å². The van der Waals surface area contributed by atoms with Gasteiger partial charge in [0.15, 0.2) is 11.5 Å². The molecule has 0 spiro atoms. The van der Waals surface area contributed by atoms with Gasteiger partial charge in [-0.25, -0.2) is 5.43 Å². The highest BCUT2D eigenvalue weighted by Crippen LogP contribution is 2.32. The van der Waals surface area contributed by atoms with Crippen molar-refractivity contribution in [3.8, 4) is 11.5 Å². The number of amides is 2. The van der Waals surface area contributed by atoms with Crippen LogP contribution in [0.5, 0.6) is 11.5 Å². The van der Waals surface area contributed by atoms with Crippen molar-refractivity contribution in [2.75, 3.05) is 6.79 Å². The van der Waals surface area contributed by atoms with E-state index in [0.717, 1.165) is 16.5 Å². The molecule has 8 nitrogen and oxygen atoms in total. The maximum Gasteiger partial charge on any atom is 0.262 e. The van der Waals surface area contributed by atoms with Gasteiger partial charge in [0.1, 0.15) is 6.04 Å². The molecular formula is C25H28N4O4. The molecule has 33 heavy (non-hydrogen) atoms. The second-order valence-corrected chi connectivity index (χ2v) is 8.60. The Labute approximate surface area is 192 Å². The van der Waals surface area contributed by atoms with E-state index in [9.17, 15) is 9.59 Å². The van der Waals surface area contributed by atoms with Crippen LogP contribution in [-0.4, -0.2) is 35.4 Å². The molecule has 0 bridgehead atoms. The van der Waals surface area contributed by atoms with Crippen molar-refractivity contribution < 1.29 is 19.1 Å². The number of nitrogens with zero attached hydrogens (tertiary/aromatic N) is 2. The Bertz CT molecular complexity index is 1210. The van der Waals surface area contributed by atoms with Gasteiger partial charge >= 0.3 is 0 Å². The summed E-state index contributed by atoms with van der Waals surface area (Å²) in [6.45, 7) is 8.09. The zero-order valence-electron chi connectivity index (χ0n) is 19.2. The van der Waals surface area contributed by atoms with Crippen molar-refractivity contribution in [2.24, 2.45) is 11.0 Å². The third-order valence-corrected chi connectivity index (χ3v) is 5.58. The summed E-state index contributed by atoms with van der Waals surface area (Å²) in [4.78, 5) is 25.6. The Morgan fingerprint density at radius 3 is 2.58 bits per heavy atom. The smallest absolute Gasteiger partial charge is 0.262 e. The van der Waals surface area contributed by atoms with Crippen LogP contribution in [0.15, 0.2) is 53.8 Å². The molecule has 1 atom stereocenters. The number of hydrogen-bond acceptors (Lipinski definition) is 5. The summed E-state index contributed by atoms with van der Waals surface area (Å²) >= 11 is 0. The van der Waals surface area contributed by atoms with Crippen LogP contribution in [0.1, 0.15) is 49.7 Å². The molecule has 2 heterocycles. The predicted octanol–water partition coefficient (Wildman–Crippen LogP) is 3.86. The molecule has 4 rings (SSSR count). The van der Waals surface area contributed by atoms with Gasteiger partial charge in [-0.3, -0.25) is 9.59 Å². The average molecular weight is 449 g/mol. The van der Waals surface area contributed by atoms with E-state index in [1.54, 1.807) is 24.4 Å². The number of ether oxygens (including phenoxy) is 2. The molecule has 2 amide bonds. The fourth-order valence-corrected chi connectivity index (χ4v) is 3.79. The number of para-hydroxylation sites is 1. The lowest BCUT2D eigenvalue weighted by Gasteiger charge is -2.20. The molecule has 3 aromatic rings. The van der Waals surface area contributed by atoms with Crippen molar-refractivity contribution in [2.45, 2.75) is 39.8 Å². The molecule has 2 N–H and O–H groups in total. The fraction of sp³-hybridized carbons (Fsp3) is 0.320. The molecule has 0 aliphatic carbocycles. The largest absolute Gasteiger partial charge is 0.454 e. The highest BCUT2D eigenvalue weighted by atomic mass is 16.7. The Hall–Kier alpha value is -3.81. The van der Waals surface area contributed by atoms with E-state index in [-0.39, 0.29) is 24.5 Å². The molecule has 0 saturated heterocycles. The molecular weight excluding hydrogens is 420 g/mol. The van der Waals surface area contributed by atoms with Gasteiger partial charge in [-0.2, -0.15) is 5.10 Å². The third kappa shape index (κ3) is 4.69. The number of hydrazone groups is 1.